The van der Waals surface area contributed by atoms with E-state index in [4.69, 9.17) is 10.5 Å². The summed E-state index contributed by atoms with van der Waals surface area (Å²) >= 11 is 0. The molecule has 0 saturated carbocycles. The van der Waals surface area contributed by atoms with Gasteiger partial charge in [0.1, 0.15) is 0 Å². The number of rotatable bonds is 5. The van der Waals surface area contributed by atoms with Gasteiger partial charge in [-0.3, -0.25) is 9.58 Å². The first-order valence-corrected chi connectivity index (χ1v) is 7.53. The third kappa shape index (κ3) is 3.40. The molecule has 0 bridgehead atoms. The molecular weight excluding hydrogens is 252 g/mol. The summed E-state index contributed by atoms with van der Waals surface area (Å²) in [5.41, 5.74) is 7.51. The predicted octanol–water partition coefficient (Wildman–Crippen LogP) is 1.44. The zero-order chi connectivity index (χ0) is 14.8. The lowest BCUT2D eigenvalue weighted by Crippen LogP contribution is -2.59. The first-order chi connectivity index (χ1) is 9.41. The molecule has 5 heteroatoms. The molecule has 1 unspecified atom stereocenters. The first kappa shape index (κ1) is 15.5. The van der Waals surface area contributed by atoms with Gasteiger partial charge in [0, 0.05) is 43.3 Å². The van der Waals surface area contributed by atoms with E-state index in [1.165, 1.54) is 0 Å². The molecule has 20 heavy (non-hydrogen) atoms. The number of aromatic nitrogens is 2. The van der Waals surface area contributed by atoms with Crippen LogP contribution in [-0.4, -0.2) is 52.6 Å². The molecule has 2 N–H and O–H groups in total. The van der Waals surface area contributed by atoms with E-state index in [1.807, 2.05) is 10.9 Å². The van der Waals surface area contributed by atoms with Crippen LogP contribution in [0.15, 0.2) is 12.3 Å². The molecule has 1 aliphatic heterocycles. The van der Waals surface area contributed by atoms with Gasteiger partial charge in [0.25, 0.3) is 0 Å². The van der Waals surface area contributed by atoms with E-state index in [9.17, 15) is 0 Å². The quantitative estimate of drug-likeness (QED) is 0.887. The van der Waals surface area contributed by atoms with E-state index in [-0.39, 0.29) is 11.6 Å². The van der Waals surface area contributed by atoms with Crippen molar-refractivity contribution in [3.63, 3.8) is 0 Å². The van der Waals surface area contributed by atoms with Crippen molar-refractivity contribution in [2.75, 3.05) is 26.3 Å². The van der Waals surface area contributed by atoms with Gasteiger partial charge in [-0.25, -0.2) is 0 Å². The Labute approximate surface area is 122 Å². The van der Waals surface area contributed by atoms with Crippen molar-refractivity contribution < 1.29 is 4.74 Å². The molecule has 1 fully saturated rings. The van der Waals surface area contributed by atoms with Gasteiger partial charge in [0.2, 0.25) is 0 Å². The van der Waals surface area contributed by atoms with Crippen molar-refractivity contribution in [3.8, 4) is 0 Å². The first-order valence-electron chi connectivity index (χ1n) is 7.53. The summed E-state index contributed by atoms with van der Waals surface area (Å²) < 4.78 is 7.41. The van der Waals surface area contributed by atoms with Gasteiger partial charge in [0.15, 0.2) is 0 Å². The van der Waals surface area contributed by atoms with Gasteiger partial charge in [-0.15, -0.1) is 0 Å². The van der Waals surface area contributed by atoms with Gasteiger partial charge < -0.3 is 10.5 Å². The van der Waals surface area contributed by atoms with Crippen LogP contribution >= 0.6 is 0 Å². The Morgan fingerprint density at radius 1 is 1.35 bits per heavy atom. The molecule has 114 valence electrons. The monoisotopic (exact) mass is 280 g/mol. The van der Waals surface area contributed by atoms with Crippen LogP contribution in [0, 0.1) is 0 Å². The summed E-state index contributed by atoms with van der Waals surface area (Å²) in [5, 5.41) is 4.60. The zero-order valence-electron chi connectivity index (χ0n) is 13.2. The fourth-order valence-corrected chi connectivity index (χ4v) is 2.62. The smallest absolute Gasteiger partial charge is 0.0640 e. The molecule has 1 aromatic heterocycles. The number of nitrogens with two attached hydrogens (primary N) is 1. The molecule has 1 saturated heterocycles. The van der Waals surface area contributed by atoms with Crippen molar-refractivity contribution in [1.82, 2.24) is 14.7 Å². The molecule has 5 nitrogen and oxygen atoms in total. The fourth-order valence-electron chi connectivity index (χ4n) is 2.62. The molecule has 0 aromatic carbocycles. The summed E-state index contributed by atoms with van der Waals surface area (Å²) in [6.07, 6.45) is 2.85. The second-order valence-electron chi connectivity index (χ2n) is 6.44. The largest absolute Gasteiger partial charge is 0.379 e. The van der Waals surface area contributed by atoms with E-state index < -0.39 is 0 Å². The van der Waals surface area contributed by atoms with E-state index in [2.05, 4.69) is 43.8 Å². The fraction of sp³-hybridized carbons (Fsp3) is 0.800. The maximum Gasteiger partial charge on any atom is 0.0640 e. The van der Waals surface area contributed by atoms with Gasteiger partial charge in [-0.1, -0.05) is 0 Å². The highest BCUT2D eigenvalue weighted by molar-refractivity contribution is 5.06. The standard InChI is InChI=1S/C15H28N4O/c1-12(2)19-6-5-13(17-19)11-14(16)15(3,4)18-7-9-20-10-8-18/h5-6,12,14H,7-11,16H2,1-4H3. The summed E-state index contributed by atoms with van der Waals surface area (Å²) in [6.45, 7) is 12.2. The Bertz CT molecular complexity index is 421. The van der Waals surface area contributed by atoms with Crippen molar-refractivity contribution >= 4 is 0 Å². The minimum atomic E-state index is -0.0363. The highest BCUT2D eigenvalue weighted by Gasteiger charge is 2.34. The molecule has 1 aliphatic rings. The summed E-state index contributed by atoms with van der Waals surface area (Å²) in [7, 11) is 0. The van der Waals surface area contributed by atoms with E-state index in [1.54, 1.807) is 0 Å². The maximum atomic E-state index is 6.47. The van der Waals surface area contributed by atoms with Crippen LogP contribution in [0.3, 0.4) is 0 Å². The molecule has 2 rings (SSSR count). The Kier molecular flexibility index (Phi) is 4.83. The lowest BCUT2D eigenvalue weighted by molar-refractivity contribution is -0.0187. The lowest BCUT2D eigenvalue weighted by Gasteiger charge is -2.44. The van der Waals surface area contributed by atoms with Crippen molar-refractivity contribution in [2.24, 2.45) is 5.73 Å². The minimum Gasteiger partial charge on any atom is -0.379 e. The molecule has 2 heterocycles. The van der Waals surface area contributed by atoms with Crippen LogP contribution in [0.1, 0.15) is 39.4 Å². The highest BCUT2D eigenvalue weighted by Crippen LogP contribution is 2.21. The number of hydrogen-bond acceptors (Lipinski definition) is 4. The zero-order valence-corrected chi connectivity index (χ0v) is 13.2. The average Bonchev–Trinajstić information content (AvgIpc) is 2.88. The predicted molar refractivity (Wildman–Crippen MR) is 80.8 cm³/mol. The van der Waals surface area contributed by atoms with Gasteiger partial charge >= 0.3 is 0 Å². The van der Waals surface area contributed by atoms with Crippen molar-refractivity contribution in [1.29, 1.82) is 0 Å². The SMILES string of the molecule is CC(C)n1ccc(CC(N)C(C)(C)N2CCOCC2)n1. The van der Waals surface area contributed by atoms with Crippen molar-refractivity contribution in [3.05, 3.63) is 18.0 Å². The molecular formula is C15H28N4O. The van der Waals surface area contributed by atoms with E-state index in [0.717, 1.165) is 38.4 Å². The van der Waals surface area contributed by atoms with E-state index >= 15 is 0 Å². The average molecular weight is 280 g/mol. The minimum absolute atomic E-state index is 0.0363. The topological polar surface area (TPSA) is 56.3 Å². The normalized spacial score (nSPS) is 19.5. The number of nitrogens with zero attached hydrogens (tertiary/aromatic N) is 3. The van der Waals surface area contributed by atoms with Crippen LogP contribution < -0.4 is 5.73 Å². The Morgan fingerprint density at radius 3 is 2.55 bits per heavy atom. The number of ether oxygens (including phenoxy) is 1. The van der Waals surface area contributed by atoms with E-state index in [0.29, 0.717) is 6.04 Å². The second-order valence-corrected chi connectivity index (χ2v) is 6.44. The van der Waals surface area contributed by atoms with Crippen LogP contribution in [-0.2, 0) is 11.2 Å². The summed E-state index contributed by atoms with van der Waals surface area (Å²) in [5.74, 6) is 0. The van der Waals surface area contributed by atoms with Gasteiger partial charge in [0.05, 0.1) is 18.9 Å². The third-order valence-electron chi connectivity index (χ3n) is 4.36. The molecule has 0 aliphatic carbocycles. The van der Waals surface area contributed by atoms with Gasteiger partial charge in [-0.05, 0) is 33.8 Å². The Morgan fingerprint density at radius 2 is 2.00 bits per heavy atom. The second kappa shape index (κ2) is 6.24. The third-order valence-corrected chi connectivity index (χ3v) is 4.36. The molecule has 0 spiro atoms. The molecule has 0 radical (unpaired) electrons. The van der Waals surface area contributed by atoms with Crippen LogP contribution in [0.5, 0.6) is 0 Å². The van der Waals surface area contributed by atoms with Crippen molar-refractivity contribution in [2.45, 2.75) is 51.7 Å². The number of morpholine rings is 1. The maximum absolute atomic E-state index is 6.47. The molecule has 1 atom stereocenters. The van der Waals surface area contributed by atoms with Crippen LogP contribution in [0.25, 0.3) is 0 Å². The van der Waals surface area contributed by atoms with Crippen LogP contribution in [0.4, 0.5) is 0 Å². The van der Waals surface area contributed by atoms with Crippen LogP contribution in [0.2, 0.25) is 0 Å². The Hall–Kier alpha value is -0.910. The van der Waals surface area contributed by atoms with Gasteiger partial charge in [-0.2, -0.15) is 5.10 Å². The highest BCUT2D eigenvalue weighted by atomic mass is 16.5. The molecule has 1 aromatic rings. The summed E-state index contributed by atoms with van der Waals surface area (Å²) in [6, 6.07) is 2.54. The summed E-state index contributed by atoms with van der Waals surface area (Å²) in [4.78, 5) is 2.43. The molecule has 0 amide bonds. The lowest BCUT2D eigenvalue weighted by atomic mass is 9.89. The Balaban J connectivity index is 1.99. The number of hydrogen-bond donors (Lipinski definition) is 1.